The standard InChI is InChI=1S/C12H13FN2O2S/c1-8-3-4-11(18-8)15-6-5-14(7-10(15)16)12(17)9(2)13/h3-4H,2,5-7H2,1H3. The second kappa shape index (κ2) is 4.89. The van der Waals surface area contributed by atoms with Gasteiger partial charge in [-0.25, -0.2) is 4.39 Å². The molecule has 4 nitrogen and oxygen atoms in total. The molecule has 0 radical (unpaired) electrons. The first-order valence-electron chi connectivity index (χ1n) is 5.49. The molecule has 0 aliphatic carbocycles. The number of amides is 2. The minimum atomic E-state index is -1.02. The van der Waals surface area contributed by atoms with Crippen LogP contribution in [0.1, 0.15) is 4.88 Å². The smallest absolute Gasteiger partial charge is 0.282 e. The van der Waals surface area contributed by atoms with E-state index in [0.29, 0.717) is 13.1 Å². The topological polar surface area (TPSA) is 40.6 Å². The predicted octanol–water partition coefficient (Wildman–Crippen LogP) is 1.71. The predicted molar refractivity (Wildman–Crippen MR) is 68.2 cm³/mol. The number of hydrogen-bond acceptors (Lipinski definition) is 3. The van der Waals surface area contributed by atoms with Crippen molar-refractivity contribution >= 4 is 28.2 Å². The van der Waals surface area contributed by atoms with E-state index in [0.717, 1.165) is 9.88 Å². The van der Waals surface area contributed by atoms with Gasteiger partial charge in [0.15, 0.2) is 5.83 Å². The normalized spacial score (nSPS) is 16.0. The zero-order chi connectivity index (χ0) is 13.3. The maximum absolute atomic E-state index is 12.7. The van der Waals surface area contributed by atoms with Gasteiger partial charge in [-0.05, 0) is 19.1 Å². The van der Waals surface area contributed by atoms with Crippen LogP contribution in [0.15, 0.2) is 24.5 Å². The van der Waals surface area contributed by atoms with E-state index in [-0.39, 0.29) is 12.5 Å². The van der Waals surface area contributed by atoms with Gasteiger partial charge in [0.2, 0.25) is 5.91 Å². The van der Waals surface area contributed by atoms with Crippen molar-refractivity contribution in [3.8, 4) is 0 Å². The van der Waals surface area contributed by atoms with Gasteiger partial charge >= 0.3 is 0 Å². The molecule has 0 spiro atoms. The van der Waals surface area contributed by atoms with E-state index < -0.39 is 11.7 Å². The molecule has 0 saturated carbocycles. The summed E-state index contributed by atoms with van der Waals surface area (Å²) in [5.74, 6) is -2.02. The molecule has 1 saturated heterocycles. The molecule has 96 valence electrons. The lowest BCUT2D eigenvalue weighted by molar-refractivity contribution is -0.134. The van der Waals surface area contributed by atoms with Crippen LogP contribution in [0.25, 0.3) is 0 Å². The SMILES string of the molecule is C=C(F)C(=O)N1CCN(c2ccc(C)s2)C(=O)C1. The molecule has 1 aromatic heterocycles. The fraction of sp³-hybridized carbons (Fsp3) is 0.333. The molecule has 0 bridgehead atoms. The Morgan fingerprint density at radius 1 is 1.44 bits per heavy atom. The Labute approximate surface area is 108 Å². The zero-order valence-electron chi connectivity index (χ0n) is 9.98. The molecule has 2 heterocycles. The first-order chi connectivity index (χ1) is 8.49. The van der Waals surface area contributed by atoms with Gasteiger partial charge in [-0.2, -0.15) is 0 Å². The van der Waals surface area contributed by atoms with Gasteiger partial charge < -0.3 is 9.80 Å². The van der Waals surface area contributed by atoms with Crippen LogP contribution >= 0.6 is 11.3 Å². The third-order valence-electron chi connectivity index (χ3n) is 2.73. The number of aryl methyl sites for hydroxylation is 1. The quantitative estimate of drug-likeness (QED) is 0.766. The first-order valence-corrected chi connectivity index (χ1v) is 6.31. The lowest BCUT2D eigenvalue weighted by atomic mass is 10.3. The maximum atomic E-state index is 12.7. The van der Waals surface area contributed by atoms with E-state index in [1.165, 1.54) is 16.2 Å². The summed E-state index contributed by atoms with van der Waals surface area (Å²) < 4.78 is 12.7. The highest BCUT2D eigenvalue weighted by molar-refractivity contribution is 7.16. The lowest BCUT2D eigenvalue weighted by Crippen LogP contribution is -2.52. The molecule has 0 unspecified atom stereocenters. The summed E-state index contributed by atoms with van der Waals surface area (Å²) in [5, 5.41) is 0.865. The minimum absolute atomic E-state index is 0.0985. The molecular formula is C12H13FN2O2S. The van der Waals surface area contributed by atoms with Gasteiger partial charge in [0, 0.05) is 18.0 Å². The largest absolute Gasteiger partial charge is 0.326 e. The van der Waals surface area contributed by atoms with Crippen molar-refractivity contribution in [2.24, 2.45) is 0 Å². The molecule has 0 N–H and O–H groups in total. The van der Waals surface area contributed by atoms with Crippen molar-refractivity contribution in [2.45, 2.75) is 6.92 Å². The Morgan fingerprint density at radius 2 is 2.17 bits per heavy atom. The fourth-order valence-electron chi connectivity index (χ4n) is 1.82. The van der Waals surface area contributed by atoms with Crippen LogP contribution in [0.3, 0.4) is 0 Å². The van der Waals surface area contributed by atoms with Crippen LogP contribution in [-0.4, -0.2) is 36.3 Å². The van der Waals surface area contributed by atoms with Gasteiger partial charge in [-0.1, -0.05) is 6.58 Å². The molecule has 6 heteroatoms. The molecule has 0 atom stereocenters. The van der Waals surface area contributed by atoms with Gasteiger partial charge in [0.1, 0.15) is 6.54 Å². The van der Waals surface area contributed by atoms with Gasteiger partial charge in [0.25, 0.3) is 5.91 Å². The highest BCUT2D eigenvalue weighted by atomic mass is 32.1. The number of rotatable bonds is 2. The van der Waals surface area contributed by atoms with Crippen LogP contribution in [0.2, 0.25) is 0 Å². The fourth-order valence-corrected chi connectivity index (χ4v) is 2.72. The van der Waals surface area contributed by atoms with Crippen LogP contribution in [0.5, 0.6) is 0 Å². The van der Waals surface area contributed by atoms with E-state index in [2.05, 4.69) is 6.58 Å². The Hall–Kier alpha value is -1.69. The number of piperazine rings is 1. The molecule has 2 rings (SSSR count). The zero-order valence-corrected chi connectivity index (χ0v) is 10.8. The third kappa shape index (κ3) is 2.43. The highest BCUT2D eigenvalue weighted by Gasteiger charge is 2.29. The summed E-state index contributed by atoms with van der Waals surface area (Å²) in [6, 6.07) is 3.82. The molecule has 1 aliphatic rings. The number of anilines is 1. The van der Waals surface area contributed by atoms with Crippen molar-refractivity contribution in [1.29, 1.82) is 0 Å². The van der Waals surface area contributed by atoms with Crippen LogP contribution in [0.4, 0.5) is 9.39 Å². The van der Waals surface area contributed by atoms with Crippen LogP contribution in [-0.2, 0) is 9.59 Å². The van der Waals surface area contributed by atoms with Gasteiger partial charge in [-0.15, -0.1) is 11.3 Å². The van der Waals surface area contributed by atoms with E-state index >= 15 is 0 Å². The van der Waals surface area contributed by atoms with Crippen molar-refractivity contribution < 1.29 is 14.0 Å². The van der Waals surface area contributed by atoms with E-state index in [4.69, 9.17) is 0 Å². The first kappa shape index (κ1) is 12.8. The van der Waals surface area contributed by atoms with E-state index in [1.807, 2.05) is 19.1 Å². The second-order valence-electron chi connectivity index (χ2n) is 4.06. The summed E-state index contributed by atoms with van der Waals surface area (Å²) in [7, 11) is 0. The summed E-state index contributed by atoms with van der Waals surface area (Å²) in [4.78, 5) is 27.2. The maximum Gasteiger partial charge on any atom is 0.282 e. The van der Waals surface area contributed by atoms with Crippen molar-refractivity contribution in [1.82, 2.24) is 4.90 Å². The number of nitrogens with zero attached hydrogens (tertiary/aromatic N) is 2. The number of carbonyl (C=O) groups excluding carboxylic acids is 2. The number of carbonyl (C=O) groups is 2. The Bertz CT molecular complexity index is 512. The van der Waals surface area contributed by atoms with E-state index in [9.17, 15) is 14.0 Å². The third-order valence-corrected chi connectivity index (χ3v) is 3.76. The summed E-state index contributed by atoms with van der Waals surface area (Å²) >= 11 is 1.52. The molecule has 1 fully saturated rings. The molecule has 1 aromatic rings. The molecule has 18 heavy (non-hydrogen) atoms. The highest BCUT2D eigenvalue weighted by Crippen LogP contribution is 2.26. The summed E-state index contributed by atoms with van der Waals surface area (Å²) in [6.07, 6.45) is 0. The van der Waals surface area contributed by atoms with Crippen molar-refractivity contribution in [3.63, 3.8) is 0 Å². The van der Waals surface area contributed by atoms with Gasteiger partial charge in [0.05, 0.1) is 5.00 Å². The average Bonchev–Trinajstić information content (AvgIpc) is 2.74. The van der Waals surface area contributed by atoms with Crippen LogP contribution < -0.4 is 4.90 Å². The van der Waals surface area contributed by atoms with E-state index in [1.54, 1.807) is 4.90 Å². The number of thiophene rings is 1. The number of hydrogen-bond donors (Lipinski definition) is 0. The Balaban J connectivity index is 2.07. The molecular weight excluding hydrogens is 255 g/mol. The Morgan fingerprint density at radius 3 is 2.67 bits per heavy atom. The monoisotopic (exact) mass is 268 g/mol. The molecule has 2 amide bonds. The molecule has 1 aliphatic heterocycles. The van der Waals surface area contributed by atoms with Crippen LogP contribution in [0, 0.1) is 6.92 Å². The van der Waals surface area contributed by atoms with Gasteiger partial charge in [-0.3, -0.25) is 9.59 Å². The number of halogens is 1. The molecule has 0 aromatic carbocycles. The lowest BCUT2D eigenvalue weighted by Gasteiger charge is -2.33. The minimum Gasteiger partial charge on any atom is -0.326 e. The summed E-state index contributed by atoms with van der Waals surface area (Å²) in [5.41, 5.74) is 0. The second-order valence-corrected chi connectivity index (χ2v) is 5.33. The van der Waals surface area contributed by atoms with Crippen molar-refractivity contribution in [3.05, 3.63) is 29.4 Å². The Kier molecular flexibility index (Phi) is 3.47. The summed E-state index contributed by atoms with van der Waals surface area (Å²) in [6.45, 7) is 5.53. The average molecular weight is 268 g/mol. The van der Waals surface area contributed by atoms with Crippen molar-refractivity contribution in [2.75, 3.05) is 24.5 Å².